The van der Waals surface area contributed by atoms with Crippen molar-refractivity contribution in [1.29, 1.82) is 0 Å². The molecule has 1 amide bonds. The maximum Gasteiger partial charge on any atom is 0.339 e. The quantitative estimate of drug-likeness (QED) is 0.702. The van der Waals surface area contributed by atoms with Crippen molar-refractivity contribution in [3.63, 3.8) is 0 Å². The molecule has 0 aliphatic carbocycles. The highest BCUT2D eigenvalue weighted by molar-refractivity contribution is 5.94. The molecule has 0 spiro atoms. The van der Waals surface area contributed by atoms with Crippen LogP contribution < -0.4 is 5.32 Å². The summed E-state index contributed by atoms with van der Waals surface area (Å²) < 4.78 is 6.84. The number of fused-ring (bicyclic) bond motifs is 1. The number of amides is 1. The molecule has 1 unspecified atom stereocenters. The predicted molar refractivity (Wildman–Crippen MR) is 90.2 cm³/mol. The molecule has 8 nitrogen and oxygen atoms in total. The Morgan fingerprint density at radius 2 is 2.12 bits per heavy atom. The summed E-state index contributed by atoms with van der Waals surface area (Å²) in [4.78, 5) is 32.4. The van der Waals surface area contributed by atoms with Gasteiger partial charge in [0.25, 0.3) is 0 Å². The highest BCUT2D eigenvalue weighted by Gasteiger charge is 2.31. The molecule has 0 saturated carbocycles. The van der Waals surface area contributed by atoms with Crippen molar-refractivity contribution in [3.8, 4) is 5.82 Å². The lowest BCUT2D eigenvalue weighted by Crippen LogP contribution is -2.25. The van der Waals surface area contributed by atoms with Gasteiger partial charge in [-0.3, -0.25) is 4.79 Å². The van der Waals surface area contributed by atoms with Gasteiger partial charge in [0, 0.05) is 23.9 Å². The molecular weight excluding hydrogens is 334 g/mol. The SMILES string of the molecule is O=C(CC1OC(=O)c2ccccc21)NCc1cccnc1-n1cncn1. The highest BCUT2D eigenvalue weighted by atomic mass is 16.5. The van der Waals surface area contributed by atoms with E-state index >= 15 is 0 Å². The van der Waals surface area contributed by atoms with Crippen LogP contribution in [0.25, 0.3) is 5.82 Å². The molecule has 26 heavy (non-hydrogen) atoms. The van der Waals surface area contributed by atoms with Crippen LogP contribution in [-0.2, 0) is 16.1 Å². The number of cyclic esters (lactones) is 1. The van der Waals surface area contributed by atoms with Crippen LogP contribution in [-0.4, -0.2) is 31.6 Å². The zero-order chi connectivity index (χ0) is 17.9. The fourth-order valence-corrected chi connectivity index (χ4v) is 2.90. The summed E-state index contributed by atoms with van der Waals surface area (Å²) in [5.74, 6) is -0.00466. The number of hydrogen-bond donors (Lipinski definition) is 1. The van der Waals surface area contributed by atoms with E-state index in [1.807, 2.05) is 18.2 Å². The number of benzene rings is 1. The van der Waals surface area contributed by atoms with E-state index in [0.717, 1.165) is 11.1 Å². The maximum absolute atomic E-state index is 12.3. The standard InChI is InChI=1S/C18H15N5O3/c24-16(8-15-13-5-1-2-6-14(13)18(25)26-15)21-9-12-4-3-7-20-17(12)23-11-19-10-22-23/h1-7,10-11,15H,8-9H2,(H,21,24). The molecular formula is C18H15N5O3. The van der Waals surface area contributed by atoms with Crippen molar-refractivity contribution in [2.45, 2.75) is 19.1 Å². The minimum absolute atomic E-state index is 0.0711. The van der Waals surface area contributed by atoms with Crippen LogP contribution in [0.15, 0.2) is 55.2 Å². The Hall–Kier alpha value is -3.55. The third-order valence-corrected chi connectivity index (χ3v) is 4.13. The molecule has 1 aromatic carbocycles. The lowest BCUT2D eigenvalue weighted by Gasteiger charge is -2.12. The van der Waals surface area contributed by atoms with E-state index < -0.39 is 6.10 Å². The van der Waals surface area contributed by atoms with Gasteiger partial charge >= 0.3 is 5.97 Å². The van der Waals surface area contributed by atoms with Crippen LogP contribution in [0.1, 0.15) is 34.0 Å². The molecule has 1 atom stereocenters. The molecule has 0 radical (unpaired) electrons. The minimum Gasteiger partial charge on any atom is -0.453 e. The van der Waals surface area contributed by atoms with Crippen LogP contribution in [0.3, 0.4) is 0 Å². The number of carbonyl (C=O) groups excluding carboxylic acids is 2. The molecule has 3 heterocycles. The van der Waals surface area contributed by atoms with Gasteiger partial charge in [0.05, 0.1) is 12.0 Å². The van der Waals surface area contributed by atoms with Crippen LogP contribution in [0.2, 0.25) is 0 Å². The van der Waals surface area contributed by atoms with Crippen molar-refractivity contribution in [2.75, 3.05) is 0 Å². The van der Waals surface area contributed by atoms with Gasteiger partial charge in [-0.2, -0.15) is 5.10 Å². The number of nitrogens with one attached hydrogen (secondary N) is 1. The van der Waals surface area contributed by atoms with Crippen molar-refractivity contribution >= 4 is 11.9 Å². The number of ether oxygens (including phenoxy) is 1. The van der Waals surface area contributed by atoms with Crippen LogP contribution in [0, 0.1) is 0 Å². The van der Waals surface area contributed by atoms with Crippen LogP contribution >= 0.6 is 0 Å². The molecule has 0 bridgehead atoms. The average Bonchev–Trinajstić information content (AvgIpc) is 3.30. The number of aromatic nitrogens is 4. The van der Waals surface area contributed by atoms with Crippen LogP contribution in [0.4, 0.5) is 0 Å². The normalized spacial score (nSPS) is 15.4. The molecule has 0 fully saturated rings. The van der Waals surface area contributed by atoms with E-state index in [-0.39, 0.29) is 24.8 Å². The zero-order valence-corrected chi connectivity index (χ0v) is 13.7. The smallest absolute Gasteiger partial charge is 0.339 e. The molecule has 1 N–H and O–H groups in total. The lowest BCUT2D eigenvalue weighted by atomic mass is 10.0. The Labute approximate surface area is 148 Å². The van der Waals surface area contributed by atoms with Gasteiger partial charge in [-0.25, -0.2) is 19.4 Å². The summed E-state index contributed by atoms with van der Waals surface area (Å²) >= 11 is 0. The number of esters is 1. The van der Waals surface area contributed by atoms with Crippen molar-refractivity contribution < 1.29 is 14.3 Å². The van der Waals surface area contributed by atoms with E-state index in [1.54, 1.807) is 30.7 Å². The monoisotopic (exact) mass is 349 g/mol. The minimum atomic E-state index is -0.553. The second kappa shape index (κ2) is 6.75. The highest BCUT2D eigenvalue weighted by Crippen LogP contribution is 2.32. The van der Waals surface area contributed by atoms with Crippen molar-refractivity contribution in [2.24, 2.45) is 0 Å². The van der Waals surface area contributed by atoms with E-state index in [4.69, 9.17) is 4.74 Å². The Balaban J connectivity index is 1.42. The Kier molecular flexibility index (Phi) is 4.14. The summed E-state index contributed by atoms with van der Waals surface area (Å²) in [5.41, 5.74) is 2.07. The van der Waals surface area contributed by atoms with E-state index in [0.29, 0.717) is 11.4 Å². The van der Waals surface area contributed by atoms with Crippen molar-refractivity contribution in [1.82, 2.24) is 25.1 Å². The van der Waals surface area contributed by atoms with Gasteiger partial charge in [-0.15, -0.1) is 0 Å². The molecule has 0 saturated heterocycles. The zero-order valence-electron chi connectivity index (χ0n) is 13.7. The van der Waals surface area contributed by atoms with Gasteiger partial charge in [0.2, 0.25) is 5.91 Å². The van der Waals surface area contributed by atoms with Gasteiger partial charge in [0.15, 0.2) is 5.82 Å². The van der Waals surface area contributed by atoms with Gasteiger partial charge in [-0.05, 0) is 12.1 Å². The number of carbonyl (C=O) groups is 2. The first-order valence-electron chi connectivity index (χ1n) is 8.08. The summed E-state index contributed by atoms with van der Waals surface area (Å²) in [7, 11) is 0. The molecule has 130 valence electrons. The summed E-state index contributed by atoms with van der Waals surface area (Å²) in [6.07, 6.45) is 4.13. The van der Waals surface area contributed by atoms with Gasteiger partial charge in [-0.1, -0.05) is 24.3 Å². The fraction of sp³-hybridized carbons (Fsp3) is 0.167. The Morgan fingerprint density at radius 3 is 2.96 bits per heavy atom. The summed E-state index contributed by atoms with van der Waals surface area (Å²) in [5, 5.41) is 6.91. The van der Waals surface area contributed by atoms with Gasteiger partial charge < -0.3 is 10.1 Å². The fourth-order valence-electron chi connectivity index (χ4n) is 2.90. The maximum atomic E-state index is 12.3. The number of nitrogens with zero attached hydrogens (tertiary/aromatic N) is 4. The molecule has 1 aliphatic heterocycles. The van der Waals surface area contributed by atoms with E-state index in [1.165, 1.54) is 11.0 Å². The Morgan fingerprint density at radius 1 is 1.23 bits per heavy atom. The average molecular weight is 349 g/mol. The number of hydrogen-bond acceptors (Lipinski definition) is 6. The second-order valence-electron chi connectivity index (χ2n) is 5.79. The first kappa shape index (κ1) is 15.9. The predicted octanol–water partition coefficient (Wildman–Crippen LogP) is 1.58. The molecule has 3 aromatic rings. The van der Waals surface area contributed by atoms with E-state index in [2.05, 4.69) is 20.4 Å². The first-order chi connectivity index (χ1) is 12.7. The Bertz CT molecular complexity index is 955. The van der Waals surface area contributed by atoms with Crippen molar-refractivity contribution in [3.05, 3.63) is 71.9 Å². The van der Waals surface area contributed by atoms with Crippen LogP contribution in [0.5, 0.6) is 0 Å². The lowest BCUT2D eigenvalue weighted by molar-refractivity contribution is -0.123. The van der Waals surface area contributed by atoms with Gasteiger partial charge in [0.1, 0.15) is 18.8 Å². The summed E-state index contributed by atoms with van der Waals surface area (Å²) in [6.45, 7) is 0.282. The molecule has 1 aliphatic rings. The molecule has 8 heteroatoms. The third-order valence-electron chi connectivity index (χ3n) is 4.13. The first-order valence-corrected chi connectivity index (χ1v) is 8.08. The number of pyridine rings is 1. The number of rotatable bonds is 5. The second-order valence-corrected chi connectivity index (χ2v) is 5.79. The molecule has 2 aromatic heterocycles. The molecule has 4 rings (SSSR count). The van der Waals surface area contributed by atoms with E-state index in [9.17, 15) is 9.59 Å². The largest absolute Gasteiger partial charge is 0.453 e. The third kappa shape index (κ3) is 3.04. The topological polar surface area (TPSA) is 99.0 Å². The summed E-state index contributed by atoms with van der Waals surface area (Å²) in [6, 6.07) is 10.8.